The molecule has 0 spiro atoms. The summed E-state index contributed by atoms with van der Waals surface area (Å²) in [5, 5.41) is 3.76. The molecule has 1 aromatic carbocycles. The lowest BCUT2D eigenvalue weighted by molar-refractivity contribution is 0.0635. The highest BCUT2D eigenvalue weighted by molar-refractivity contribution is 7.89. The minimum Gasteiger partial charge on any atom is -0.368 e. The second kappa shape index (κ2) is 6.38. The molecule has 124 valence electrons. The van der Waals surface area contributed by atoms with Gasteiger partial charge in [0, 0.05) is 19.1 Å². The van der Waals surface area contributed by atoms with Crippen LogP contribution in [0.25, 0.3) is 0 Å². The van der Waals surface area contributed by atoms with Gasteiger partial charge in [-0.2, -0.15) is 4.98 Å². The molecule has 0 bridgehead atoms. The summed E-state index contributed by atoms with van der Waals surface area (Å²) in [5.74, 6) is 0.906. The van der Waals surface area contributed by atoms with E-state index in [0.717, 1.165) is 6.42 Å². The van der Waals surface area contributed by atoms with Crippen LogP contribution in [0.15, 0.2) is 33.7 Å². The van der Waals surface area contributed by atoms with Crippen LogP contribution >= 0.6 is 0 Å². The monoisotopic (exact) mass is 337 g/mol. The van der Waals surface area contributed by atoms with Crippen molar-refractivity contribution in [2.75, 3.05) is 13.2 Å². The number of aromatic nitrogens is 2. The molecule has 3 rings (SSSR count). The number of nitrogens with zero attached hydrogens (tertiary/aromatic N) is 2. The molecule has 8 heteroatoms. The van der Waals surface area contributed by atoms with E-state index in [1.807, 2.05) is 6.07 Å². The molecule has 7 nitrogen and oxygen atoms in total. The van der Waals surface area contributed by atoms with Gasteiger partial charge in [0.05, 0.1) is 4.90 Å². The van der Waals surface area contributed by atoms with Gasteiger partial charge < -0.3 is 9.26 Å². The number of hydrogen-bond donors (Lipinski definition) is 1. The second-order valence-electron chi connectivity index (χ2n) is 5.64. The molecule has 1 aliphatic rings. The zero-order valence-electron chi connectivity index (χ0n) is 13.0. The van der Waals surface area contributed by atoms with E-state index in [4.69, 9.17) is 9.26 Å². The Kier molecular flexibility index (Phi) is 4.47. The Morgan fingerprint density at radius 1 is 1.30 bits per heavy atom. The average molecular weight is 337 g/mol. The van der Waals surface area contributed by atoms with Crippen molar-refractivity contribution in [3.63, 3.8) is 0 Å². The highest BCUT2D eigenvalue weighted by Crippen LogP contribution is 2.33. The summed E-state index contributed by atoms with van der Waals surface area (Å²) < 4.78 is 38.4. The zero-order valence-corrected chi connectivity index (χ0v) is 13.8. The summed E-state index contributed by atoms with van der Waals surface area (Å²) in [5.41, 5.74) is 0.715. The fourth-order valence-corrected chi connectivity index (χ4v) is 4.04. The van der Waals surface area contributed by atoms with Crippen molar-refractivity contribution in [1.82, 2.24) is 14.9 Å². The number of aryl methyl sites for hydroxylation is 2. The molecule has 0 aliphatic carbocycles. The van der Waals surface area contributed by atoms with Crippen LogP contribution in [0, 0.1) is 19.8 Å². The largest absolute Gasteiger partial charge is 0.368 e. The second-order valence-corrected chi connectivity index (χ2v) is 7.37. The van der Waals surface area contributed by atoms with Crippen LogP contribution in [-0.2, 0) is 14.8 Å². The molecule has 23 heavy (non-hydrogen) atoms. The first-order valence-electron chi connectivity index (χ1n) is 7.44. The van der Waals surface area contributed by atoms with Gasteiger partial charge in [0.25, 0.3) is 5.89 Å². The Morgan fingerprint density at radius 2 is 2.09 bits per heavy atom. The quantitative estimate of drug-likeness (QED) is 0.893. The highest BCUT2D eigenvalue weighted by atomic mass is 32.2. The van der Waals surface area contributed by atoms with E-state index in [1.165, 1.54) is 0 Å². The van der Waals surface area contributed by atoms with Crippen molar-refractivity contribution >= 4 is 10.0 Å². The van der Waals surface area contributed by atoms with Gasteiger partial charge in [-0.15, -0.1) is 0 Å². The molecule has 1 aliphatic heterocycles. The first-order chi connectivity index (χ1) is 11.0. The van der Waals surface area contributed by atoms with E-state index in [0.29, 0.717) is 28.8 Å². The van der Waals surface area contributed by atoms with E-state index in [1.54, 1.807) is 32.0 Å². The molecular formula is C15H19N3O4S. The third kappa shape index (κ3) is 3.44. The number of hydrogen-bond acceptors (Lipinski definition) is 6. The maximum Gasteiger partial charge on any atom is 0.256 e. The number of nitrogens with one attached hydrogen (secondary N) is 1. The van der Waals surface area contributed by atoms with Crippen LogP contribution in [0.1, 0.15) is 29.8 Å². The lowest BCUT2D eigenvalue weighted by atomic mass is 10.0. The number of benzene rings is 1. The lowest BCUT2D eigenvalue weighted by Gasteiger charge is -2.16. The first-order valence-corrected chi connectivity index (χ1v) is 8.93. The molecule has 0 saturated carbocycles. The third-order valence-electron chi connectivity index (χ3n) is 3.92. The first kappa shape index (κ1) is 16.1. The highest BCUT2D eigenvalue weighted by Gasteiger charge is 2.34. The normalized spacial score (nSPS) is 21.7. The Balaban J connectivity index is 1.71. The fraction of sp³-hybridized carbons (Fsp3) is 0.467. The van der Waals surface area contributed by atoms with Gasteiger partial charge in [-0.25, -0.2) is 13.1 Å². The van der Waals surface area contributed by atoms with Gasteiger partial charge in [-0.05, 0) is 31.9 Å². The number of ether oxygens (including phenoxy) is 1. The van der Waals surface area contributed by atoms with Gasteiger partial charge in [0.2, 0.25) is 10.0 Å². The standard InChI is InChI=1S/C15H19N3O4S/c1-10-5-3-4-6-13(10)23(19,20)16-9-12-7-8-21-14(12)15-17-11(2)18-22-15/h3-6,12,14,16H,7-9H2,1-2H3/t12-,14-/m0/s1. The van der Waals surface area contributed by atoms with Gasteiger partial charge in [-0.1, -0.05) is 23.4 Å². The Hall–Kier alpha value is -1.77. The molecule has 1 fully saturated rings. The van der Waals surface area contributed by atoms with Crippen LogP contribution in [-0.4, -0.2) is 31.7 Å². The molecular weight excluding hydrogens is 318 g/mol. The summed E-state index contributed by atoms with van der Waals surface area (Å²) >= 11 is 0. The molecule has 2 heterocycles. The Labute approximate surface area is 135 Å². The predicted octanol–water partition coefficient (Wildman–Crippen LogP) is 1.74. The molecule has 0 amide bonds. The maximum absolute atomic E-state index is 12.5. The Morgan fingerprint density at radius 3 is 2.78 bits per heavy atom. The fourth-order valence-electron chi connectivity index (χ4n) is 2.70. The summed E-state index contributed by atoms with van der Waals surface area (Å²) in [4.78, 5) is 4.48. The van der Waals surface area contributed by atoms with E-state index in [9.17, 15) is 8.42 Å². The number of sulfonamides is 1. The van der Waals surface area contributed by atoms with Crippen molar-refractivity contribution in [1.29, 1.82) is 0 Å². The summed E-state index contributed by atoms with van der Waals surface area (Å²) in [6.07, 6.45) is 0.373. The van der Waals surface area contributed by atoms with Crippen LogP contribution in [0.5, 0.6) is 0 Å². The van der Waals surface area contributed by atoms with E-state index in [2.05, 4.69) is 14.9 Å². The molecule has 1 saturated heterocycles. The topological polar surface area (TPSA) is 94.3 Å². The van der Waals surface area contributed by atoms with Crippen molar-refractivity contribution in [3.8, 4) is 0 Å². The summed E-state index contributed by atoms with van der Waals surface area (Å²) in [6, 6.07) is 6.90. The molecule has 0 unspecified atom stereocenters. The minimum absolute atomic E-state index is 0.0337. The molecule has 2 aromatic rings. The van der Waals surface area contributed by atoms with Gasteiger partial charge in [-0.3, -0.25) is 0 Å². The minimum atomic E-state index is -3.55. The third-order valence-corrected chi connectivity index (χ3v) is 5.50. The zero-order chi connectivity index (χ0) is 16.4. The van der Waals surface area contributed by atoms with Crippen LogP contribution < -0.4 is 4.72 Å². The van der Waals surface area contributed by atoms with E-state index in [-0.39, 0.29) is 18.6 Å². The molecule has 2 atom stereocenters. The van der Waals surface area contributed by atoms with Crippen LogP contribution in [0.4, 0.5) is 0 Å². The molecule has 0 radical (unpaired) electrons. The van der Waals surface area contributed by atoms with E-state index >= 15 is 0 Å². The summed E-state index contributed by atoms with van der Waals surface area (Å²) in [6.45, 7) is 4.32. The smallest absolute Gasteiger partial charge is 0.256 e. The molecule has 1 aromatic heterocycles. The Bertz CT molecular complexity index is 788. The van der Waals surface area contributed by atoms with Gasteiger partial charge in [0.15, 0.2) is 5.82 Å². The lowest BCUT2D eigenvalue weighted by Crippen LogP contribution is -2.31. The van der Waals surface area contributed by atoms with Gasteiger partial charge in [0.1, 0.15) is 6.10 Å². The maximum atomic E-state index is 12.5. The SMILES string of the molecule is Cc1noc([C@H]2OCC[C@H]2CNS(=O)(=O)c2ccccc2C)n1. The average Bonchev–Trinajstić information content (AvgIpc) is 3.14. The van der Waals surface area contributed by atoms with E-state index < -0.39 is 10.0 Å². The predicted molar refractivity (Wildman–Crippen MR) is 82.2 cm³/mol. The van der Waals surface area contributed by atoms with Crippen molar-refractivity contribution < 1.29 is 17.7 Å². The van der Waals surface area contributed by atoms with Crippen LogP contribution in [0.3, 0.4) is 0 Å². The van der Waals surface area contributed by atoms with Crippen molar-refractivity contribution in [3.05, 3.63) is 41.5 Å². The van der Waals surface area contributed by atoms with Crippen molar-refractivity contribution in [2.45, 2.75) is 31.3 Å². The summed E-state index contributed by atoms with van der Waals surface area (Å²) in [7, 11) is -3.55. The van der Waals surface area contributed by atoms with Crippen molar-refractivity contribution in [2.24, 2.45) is 5.92 Å². The molecule has 1 N–H and O–H groups in total. The van der Waals surface area contributed by atoms with Gasteiger partial charge >= 0.3 is 0 Å². The van der Waals surface area contributed by atoms with Crippen LogP contribution in [0.2, 0.25) is 0 Å². The number of rotatable bonds is 5.